The van der Waals surface area contributed by atoms with E-state index in [0.717, 1.165) is 58.7 Å². The van der Waals surface area contributed by atoms with Gasteiger partial charge in [-0.3, -0.25) is 9.69 Å². The molecule has 6 nitrogen and oxygen atoms in total. The van der Waals surface area contributed by atoms with Gasteiger partial charge in [0.1, 0.15) is 0 Å². The molecule has 21 heavy (non-hydrogen) atoms. The molecule has 3 rings (SSSR count). The second-order valence-corrected chi connectivity index (χ2v) is 6.37. The number of rotatable bonds is 4. The van der Waals surface area contributed by atoms with Crippen molar-refractivity contribution in [3.05, 3.63) is 0 Å². The number of nitrogens with one attached hydrogen (secondary N) is 2. The Morgan fingerprint density at radius 2 is 1.95 bits per heavy atom. The van der Waals surface area contributed by atoms with Crippen molar-refractivity contribution < 1.29 is 14.3 Å². The van der Waals surface area contributed by atoms with Crippen molar-refractivity contribution >= 4 is 5.91 Å². The largest absolute Gasteiger partial charge is 0.381 e. The Bertz CT molecular complexity index is 346. The Balaban J connectivity index is 1.56. The van der Waals surface area contributed by atoms with Crippen LogP contribution in [0.15, 0.2) is 0 Å². The molecule has 2 N–H and O–H groups in total. The smallest absolute Gasteiger partial charge is 0.223 e. The van der Waals surface area contributed by atoms with E-state index in [-0.39, 0.29) is 17.4 Å². The summed E-state index contributed by atoms with van der Waals surface area (Å²) in [5.74, 6) is 0.320. The molecule has 3 fully saturated rings. The Kier molecular flexibility index (Phi) is 5.11. The van der Waals surface area contributed by atoms with Crippen molar-refractivity contribution in [2.24, 2.45) is 5.92 Å². The molecule has 120 valence electrons. The highest BCUT2D eigenvalue weighted by molar-refractivity contribution is 5.78. The zero-order valence-electron chi connectivity index (χ0n) is 12.7. The minimum Gasteiger partial charge on any atom is -0.381 e. The molecule has 0 radical (unpaired) electrons. The van der Waals surface area contributed by atoms with E-state index in [1.807, 2.05) is 0 Å². The molecule has 0 saturated carbocycles. The number of ether oxygens (including phenoxy) is 2. The monoisotopic (exact) mass is 297 g/mol. The zero-order valence-corrected chi connectivity index (χ0v) is 12.7. The molecule has 0 bridgehead atoms. The highest BCUT2D eigenvalue weighted by Crippen LogP contribution is 2.26. The second-order valence-electron chi connectivity index (χ2n) is 6.37. The molecule has 0 spiro atoms. The van der Waals surface area contributed by atoms with Gasteiger partial charge in [0, 0.05) is 58.5 Å². The normalized spacial score (nSPS) is 32.2. The van der Waals surface area contributed by atoms with Crippen molar-refractivity contribution in [2.75, 3.05) is 59.2 Å². The zero-order chi connectivity index (χ0) is 14.5. The van der Waals surface area contributed by atoms with E-state index in [0.29, 0.717) is 19.8 Å². The van der Waals surface area contributed by atoms with Gasteiger partial charge >= 0.3 is 0 Å². The van der Waals surface area contributed by atoms with Crippen LogP contribution in [0.3, 0.4) is 0 Å². The van der Waals surface area contributed by atoms with Crippen molar-refractivity contribution in [3.8, 4) is 0 Å². The lowest BCUT2D eigenvalue weighted by molar-refractivity contribution is -0.128. The van der Waals surface area contributed by atoms with Gasteiger partial charge in [0.15, 0.2) is 0 Å². The standard InChI is InChI=1S/C15H27N3O3/c19-14(13-1-8-20-9-2-13)17-11-15(3-10-21-12-15)18-6-4-16-5-7-18/h13,16H,1-12H2,(H,17,19). The molecule has 0 aromatic rings. The Labute approximate surface area is 126 Å². The number of hydrogen-bond donors (Lipinski definition) is 2. The number of hydrogen-bond acceptors (Lipinski definition) is 5. The van der Waals surface area contributed by atoms with Gasteiger partial charge in [0.25, 0.3) is 0 Å². The number of piperazine rings is 1. The van der Waals surface area contributed by atoms with Gasteiger partial charge in [-0.1, -0.05) is 0 Å². The molecule has 3 aliphatic heterocycles. The van der Waals surface area contributed by atoms with Gasteiger partial charge in [-0.25, -0.2) is 0 Å². The molecule has 1 unspecified atom stereocenters. The third-order valence-corrected chi connectivity index (χ3v) is 5.05. The minimum absolute atomic E-state index is 0.00290. The summed E-state index contributed by atoms with van der Waals surface area (Å²) in [5.41, 5.74) is 0.00290. The highest BCUT2D eigenvalue weighted by atomic mass is 16.5. The third kappa shape index (κ3) is 3.56. The maximum atomic E-state index is 12.3. The SMILES string of the molecule is O=C(NCC1(N2CCNCC2)CCOC1)C1CCOCC1. The number of carbonyl (C=O) groups is 1. The number of amides is 1. The molecular formula is C15H27N3O3. The Morgan fingerprint density at radius 1 is 1.19 bits per heavy atom. The summed E-state index contributed by atoms with van der Waals surface area (Å²) in [5, 5.41) is 6.58. The minimum atomic E-state index is 0.00290. The summed E-state index contributed by atoms with van der Waals surface area (Å²) in [6, 6.07) is 0. The van der Waals surface area contributed by atoms with Crippen LogP contribution in [0.1, 0.15) is 19.3 Å². The van der Waals surface area contributed by atoms with E-state index in [4.69, 9.17) is 9.47 Å². The fourth-order valence-corrected chi connectivity index (χ4v) is 3.59. The van der Waals surface area contributed by atoms with Gasteiger partial charge in [-0.05, 0) is 19.3 Å². The van der Waals surface area contributed by atoms with Crippen LogP contribution in [0.4, 0.5) is 0 Å². The molecule has 6 heteroatoms. The van der Waals surface area contributed by atoms with Crippen LogP contribution in [-0.4, -0.2) is 75.5 Å². The molecule has 0 aromatic heterocycles. The average Bonchev–Trinajstić information content (AvgIpc) is 3.04. The summed E-state index contributed by atoms with van der Waals surface area (Å²) in [7, 11) is 0. The van der Waals surface area contributed by atoms with E-state index in [9.17, 15) is 4.79 Å². The molecule has 0 aliphatic carbocycles. The van der Waals surface area contributed by atoms with Gasteiger partial charge in [0.05, 0.1) is 12.1 Å². The fraction of sp³-hybridized carbons (Fsp3) is 0.933. The lowest BCUT2D eigenvalue weighted by Gasteiger charge is -2.42. The topological polar surface area (TPSA) is 62.8 Å². The number of carbonyl (C=O) groups excluding carboxylic acids is 1. The Hall–Kier alpha value is -0.690. The first-order chi connectivity index (χ1) is 10.3. The van der Waals surface area contributed by atoms with Crippen molar-refractivity contribution in [1.82, 2.24) is 15.5 Å². The molecule has 0 aromatic carbocycles. The summed E-state index contributed by atoms with van der Waals surface area (Å²) in [6.07, 6.45) is 2.72. The van der Waals surface area contributed by atoms with E-state index in [1.165, 1.54) is 0 Å². The van der Waals surface area contributed by atoms with Crippen molar-refractivity contribution in [1.29, 1.82) is 0 Å². The van der Waals surface area contributed by atoms with Crippen LogP contribution < -0.4 is 10.6 Å². The van der Waals surface area contributed by atoms with Crippen LogP contribution in [0, 0.1) is 5.92 Å². The van der Waals surface area contributed by atoms with Crippen molar-refractivity contribution in [2.45, 2.75) is 24.8 Å². The quantitative estimate of drug-likeness (QED) is 0.739. The molecule has 1 amide bonds. The first-order valence-corrected chi connectivity index (χ1v) is 8.19. The molecule has 3 saturated heterocycles. The highest BCUT2D eigenvalue weighted by Gasteiger charge is 2.41. The van der Waals surface area contributed by atoms with Crippen molar-refractivity contribution in [3.63, 3.8) is 0 Å². The average molecular weight is 297 g/mol. The first-order valence-electron chi connectivity index (χ1n) is 8.19. The van der Waals surface area contributed by atoms with E-state index < -0.39 is 0 Å². The second kappa shape index (κ2) is 7.05. The van der Waals surface area contributed by atoms with Gasteiger partial charge in [-0.15, -0.1) is 0 Å². The van der Waals surface area contributed by atoms with Gasteiger partial charge in [-0.2, -0.15) is 0 Å². The molecular weight excluding hydrogens is 270 g/mol. The first kappa shape index (κ1) is 15.2. The summed E-state index contributed by atoms with van der Waals surface area (Å²) >= 11 is 0. The van der Waals surface area contributed by atoms with E-state index in [2.05, 4.69) is 15.5 Å². The van der Waals surface area contributed by atoms with Gasteiger partial charge < -0.3 is 20.1 Å². The summed E-state index contributed by atoms with van der Waals surface area (Å²) < 4.78 is 11.0. The maximum absolute atomic E-state index is 12.3. The van der Waals surface area contributed by atoms with E-state index >= 15 is 0 Å². The van der Waals surface area contributed by atoms with Crippen LogP contribution in [-0.2, 0) is 14.3 Å². The van der Waals surface area contributed by atoms with Crippen LogP contribution >= 0.6 is 0 Å². The predicted molar refractivity (Wildman–Crippen MR) is 79.2 cm³/mol. The fourth-order valence-electron chi connectivity index (χ4n) is 3.59. The molecule has 1 atom stereocenters. The lowest BCUT2D eigenvalue weighted by atomic mass is 9.93. The number of nitrogens with zero attached hydrogens (tertiary/aromatic N) is 1. The predicted octanol–water partition coefficient (Wildman–Crippen LogP) is -0.406. The van der Waals surface area contributed by atoms with Gasteiger partial charge in [0.2, 0.25) is 5.91 Å². The summed E-state index contributed by atoms with van der Waals surface area (Å²) in [6.45, 7) is 7.80. The molecule has 3 aliphatic rings. The Morgan fingerprint density at radius 3 is 2.62 bits per heavy atom. The third-order valence-electron chi connectivity index (χ3n) is 5.05. The van der Waals surface area contributed by atoms with Crippen LogP contribution in [0.5, 0.6) is 0 Å². The summed E-state index contributed by atoms with van der Waals surface area (Å²) in [4.78, 5) is 14.8. The maximum Gasteiger partial charge on any atom is 0.223 e. The van der Waals surface area contributed by atoms with E-state index in [1.54, 1.807) is 0 Å². The molecule has 3 heterocycles. The van der Waals surface area contributed by atoms with Crippen LogP contribution in [0.2, 0.25) is 0 Å². The lowest BCUT2D eigenvalue weighted by Crippen LogP contribution is -2.61. The van der Waals surface area contributed by atoms with Crippen LogP contribution in [0.25, 0.3) is 0 Å².